The quantitative estimate of drug-likeness (QED) is 0.342. The van der Waals surface area contributed by atoms with Gasteiger partial charge in [0, 0.05) is 25.7 Å². The summed E-state index contributed by atoms with van der Waals surface area (Å²) in [4.78, 5) is 49.2. The fourth-order valence-electron chi connectivity index (χ4n) is 7.92. The minimum Gasteiger partial charge on any atom is -0.394 e. The maximum Gasteiger partial charge on any atom is 0.248 e. The summed E-state index contributed by atoms with van der Waals surface area (Å²) in [5.74, 6) is -2.39. The number of aliphatic hydroxyl groups is 1. The summed E-state index contributed by atoms with van der Waals surface area (Å²) < 4.78 is 7.02. The Morgan fingerprint density at radius 1 is 1.02 bits per heavy atom. The Kier molecular flexibility index (Phi) is 9.14. The largest absolute Gasteiger partial charge is 0.394 e. The summed E-state index contributed by atoms with van der Waals surface area (Å²) in [6, 6.07) is 17.1. The Balaban J connectivity index is 1.64. The molecule has 6 atom stereocenters. The van der Waals surface area contributed by atoms with E-state index in [4.69, 9.17) is 4.74 Å². The summed E-state index contributed by atoms with van der Waals surface area (Å²) in [6.45, 7) is 14.2. The maximum absolute atomic E-state index is 14.9. The highest BCUT2D eigenvalue weighted by Gasteiger charge is 2.79. The Morgan fingerprint density at radius 3 is 2.23 bits per heavy atom. The topological polar surface area (TPSA) is 90.4 Å². The van der Waals surface area contributed by atoms with Gasteiger partial charge in [0.25, 0.3) is 0 Å². The average molecular weight is 600 g/mol. The lowest BCUT2D eigenvalue weighted by Crippen LogP contribution is -2.58. The zero-order chi connectivity index (χ0) is 31.6. The number of hydrogen-bond acceptors (Lipinski definition) is 5. The molecule has 3 aliphatic rings. The molecule has 5 rings (SSSR count). The summed E-state index contributed by atoms with van der Waals surface area (Å²) in [5, 5.41) is 10.8. The standard InChI is InChI=1S/C36H45N3O5/c1-6-21-37(23-26-15-11-9-12-16-26)32(41)29-30-33(42)39(28(24-40)27-17-13-10-14-18-27)31(34(43)38(22-7-2)25(4)5)36(30)20-19-35(29,8-3)44-36/h6-7,9-18,25,28-31,40H,1-2,8,19-24H2,3-5H3/t28-,29+,30+,31?,35-,36?/m1/s1. The molecule has 3 heterocycles. The van der Waals surface area contributed by atoms with Crippen LogP contribution in [0.1, 0.15) is 57.2 Å². The summed E-state index contributed by atoms with van der Waals surface area (Å²) in [5.41, 5.74) is -0.382. The van der Waals surface area contributed by atoms with Gasteiger partial charge in [-0.2, -0.15) is 0 Å². The molecule has 2 aromatic rings. The van der Waals surface area contributed by atoms with E-state index < -0.39 is 35.1 Å². The molecule has 1 spiro atoms. The van der Waals surface area contributed by atoms with Gasteiger partial charge in [0.05, 0.1) is 30.1 Å². The lowest BCUT2D eigenvalue weighted by molar-refractivity contribution is -0.159. The third-order valence-corrected chi connectivity index (χ3v) is 9.92. The van der Waals surface area contributed by atoms with Crippen LogP contribution in [0.15, 0.2) is 86.0 Å². The number of benzene rings is 2. The number of aliphatic hydroxyl groups excluding tert-OH is 1. The van der Waals surface area contributed by atoms with Crippen LogP contribution >= 0.6 is 0 Å². The molecule has 1 N–H and O–H groups in total. The van der Waals surface area contributed by atoms with Crippen molar-refractivity contribution in [2.45, 2.75) is 75.9 Å². The number of ether oxygens (including phenoxy) is 1. The van der Waals surface area contributed by atoms with E-state index in [1.807, 2.05) is 81.4 Å². The van der Waals surface area contributed by atoms with Crippen molar-refractivity contribution >= 4 is 17.7 Å². The Hall–Kier alpha value is -3.75. The first kappa shape index (κ1) is 31.7. The van der Waals surface area contributed by atoms with Crippen molar-refractivity contribution in [1.82, 2.24) is 14.7 Å². The first-order chi connectivity index (χ1) is 21.2. The number of fused-ring (bicyclic) bond motifs is 1. The second kappa shape index (κ2) is 12.7. The van der Waals surface area contributed by atoms with E-state index in [-0.39, 0.29) is 30.4 Å². The van der Waals surface area contributed by atoms with E-state index in [1.165, 1.54) is 0 Å². The number of amides is 3. The van der Waals surface area contributed by atoms with Gasteiger partial charge in [-0.05, 0) is 44.2 Å². The monoisotopic (exact) mass is 599 g/mol. The van der Waals surface area contributed by atoms with Gasteiger partial charge in [-0.3, -0.25) is 14.4 Å². The van der Waals surface area contributed by atoms with E-state index in [0.29, 0.717) is 38.9 Å². The fourth-order valence-corrected chi connectivity index (χ4v) is 7.92. The molecule has 0 aliphatic carbocycles. The molecule has 44 heavy (non-hydrogen) atoms. The molecular formula is C36H45N3O5. The third-order valence-electron chi connectivity index (χ3n) is 9.92. The van der Waals surface area contributed by atoms with Crippen molar-refractivity contribution in [3.05, 3.63) is 97.1 Å². The van der Waals surface area contributed by atoms with Gasteiger partial charge in [-0.25, -0.2) is 0 Å². The van der Waals surface area contributed by atoms with Crippen LogP contribution in [0.2, 0.25) is 0 Å². The van der Waals surface area contributed by atoms with Crippen LogP contribution in [-0.2, 0) is 25.7 Å². The molecule has 8 heteroatoms. The van der Waals surface area contributed by atoms with Crippen LogP contribution in [0.5, 0.6) is 0 Å². The van der Waals surface area contributed by atoms with Crippen molar-refractivity contribution in [1.29, 1.82) is 0 Å². The molecule has 2 bridgehead atoms. The molecule has 0 saturated carbocycles. The smallest absolute Gasteiger partial charge is 0.248 e. The van der Waals surface area contributed by atoms with Gasteiger partial charge >= 0.3 is 0 Å². The number of hydrogen-bond donors (Lipinski definition) is 1. The van der Waals surface area contributed by atoms with Crippen molar-refractivity contribution in [3.63, 3.8) is 0 Å². The Labute approximate surface area is 261 Å². The Morgan fingerprint density at radius 2 is 1.66 bits per heavy atom. The molecule has 3 saturated heterocycles. The van der Waals surface area contributed by atoms with E-state index >= 15 is 0 Å². The van der Waals surface area contributed by atoms with E-state index in [2.05, 4.69) is 13.2 Å². The molecule has 234 valence electrons. The zero-order valence-electron chi connectivity index (χ0n) is 26.1. The highest BCUT2D eigenvalue weighted by atomic mass is 16.5. The van der Waals surface area contributed by atoms with Gasteiger partial charge in [0.15, 0.2) is 0 Å². The second-order valence-electron chi connectivity index (χ2n) is 12.6. The van der Waals surface area contributed by atoms with Crippen LogP contribution in [-0.4, -0.2) is 80.5 Å². The molecule has 0 radical (unpaired) electrons. The number of carbonyl (C=O) groups is 3. The van der Waals surface area contributed by atoms with Crippen molar-refractivity contribution < 1.29 is 24.2 Å². The van der Waals surface area contributed by atoms with Crippen molar-refractivity contribution in [3.8, 4) is 0 Å². The van der Waals surface area contributed by atoms with E-state index in [9.17, 15) is 19.5 Å². The molecular weight excluding hydrogens is 554 g/mol. The number of likely N-dealkylation sites (tertiary alicyclic amines) is 1. The van der Waals surface area contributed by atoms with Crippen LogP contribution in [0.4, 0.5) is 0 Å². The number of rotatable bonds is 13. The number of nitrogens with zero attached hydrogens (tertiary/aromatic N) is 3. The Bertz CT molecular complexity index is 1380. The first-order valence-corrected chi connectivity index (χ1v) is 15.7. The summed E-state index contributed by atoms with van der Waals surface area (Å²) >= 11 is 0. The molecule has 0 aromatic heterocycles. The lowest BCUT2D eigenvalue weighted by Gasteiger charge is -2.40. The van der Waals surface area contributed by atoms with Crippen molar-refractivity contribution in [2.24, 2.45) is 11.8 Å². The first-order valence-electron chi connectivity index (χ1n) is 15.7. The van der Waals surface area contributed by atoms with Crippen LogP contribution in [0.25, 0.3) is 0 Å². The summed E-state index contributed by atoms with van der Waals surface area (Å²) in [7, 11) is 0. The van der Waals surface area contributed by atoms with Crippen LogP contribution in [0, 0.1) is 11.8 Å². The minimum atomic E-state index is -1.20. The maximum atomic E-state index is 14.9. The highest BCUT2D eigenvalue weighted by molar-refractivity contribution is 5.99. The lowest BCUT2D eigenvalue weighted by atomic mass is 9.64. The third kappa shape index (κ3) is 5.08. The average Bonchev–Trinajstić information content (AvgIpc) is 3.64. The zero-order valence-corrected chi connectivity index (χ0v) is 26.1. The van der Waals surface area contributed by atoms with Gasteiger partial charge < -0.3 is 24.5 Å². The van der Waals surface area contributed by atoms with Crippen molar-refractivity contribution in [2.75, 3.05) is 19.7 Å². The molecule has 8 nitrogen and oxygen atoms in total. The van der Waals surface area contributed by atoms with E-state index in [1.54, 1.807) is 26.9 Å². The second-order valence-corrected chi connectivity index (χ2v) is 12.6. The van der Waals surface area contributed by atoms with Gasteiger partial charge in [-0.1, -0.05) is 79.7 Å². The molecule has 3 aliphatic heterocycles. The highest BCUT2D eigenvalue weighted by Crippen LogP contribution is 2.65. The molecule has 2 unspecified atom stereocenters. The van der Waals surface area contributed by atoms with Gasteiger partial charge in [-0.15, -0.1) is 13.2 Å². The SMILES string of the molecule is C=CCN(Cc1ccccc1)C(=O)[C@@H]1[C@H]2C(=O)N([C@H](CO)c3ccccc3)C(C(=O)N(CC=C)C(C)C)C23CC[C@@]1(CC)O3. The van der Waals surface area contributed by atoms with Crippen LogP contribution < -0.4 is 0 Å². The predicted octanol–water partition coefficient (Wildman–Crippen LogP) is 4.51. The van der Waals surface area contributed by atoms with Gasteiger partial charge in [0.1, 0.15) is 11.6 Å². The van der Waals surface area contributed by atoms with Crippen LogP contribution in [0.3, 0.4) is 0 Å². The van der Waals surface area contributed by atoms with E-state index in [0.717, 1.165) is 11.1 Å². The number of carbonyl (C=O) groups excluding carboxylic acids is 3. The molecule has 3 amide bonds. The summed E-state index contributed by atoms with van der Waals surface area (Å²) in [6.07, 6.45) is 4.95. The molecule has 2 aromatic carbocycles. The van der Waals surface area contributed by atoms with Gasteiger partial charge in [0.2, 0.25) is 17.7 Å². The molecule has 3 fully saturated rings. The predicted molar refractivity (Wildman–Crippen MR) is 169 cm³/mol. The fraction of sp³-hybridized carbons (Fsp3) is 0.472. The minimum absolute atomic E-state index is 0.165. The normalized spacial score (nSPS) is 27.7.